The molecule has 5 nitrogen and oxygen atoms in total. The van der Waals surface area contributed by atoms with Crippen LogP contribution in [0.25, 0.3) is 0 Å². The van der Waals surface area contributed by atoms with Crippen molar-refractivity contribution < 1.29 is 14.2 Å². The van der Waals surface area contributed by atoms with Gasteiger partial charge in [-0.1, -0.05) is 40.2 Å². The molecule has 2 atom stereocenters. The highest BCUT2D eigenvalue weighted by Gasteiger charge is 2.41. The minimum atomic E-state index is -0.332. The average Bonchev–Trinajstić information content (AvgIpc) is 3.24. The van der Waals surface area contributed by atoms with Crippen LogP contribution in [0.1, 0.15) is 35.4 Å². The van der Waals surface area contributed by atoms with Crippen LogP contribution in [-0.4, -0.2) is 24.9 Å². The van der Waals surface area contributed by atoms with Gasteiger partial charge < -0.3 is 14.2 Å². The molecule has 0 aliphatic carbocycles. The SMILES string of the molecule is COc1cccc(C2=NN3[C@@H](C2)c2cc(Br)ccc2O[C@H]3c2cccc(OC)c2)c1. The highest BCUT2D eigenvalue weighted by molar-refractivity contribution is 9.10. The number of halogens is 1. The molecule has 0 saturated carbocycles. The van der Waals surface area contributed by atoms with Crippen molar-refractivity contribution in [3.63, 3.8) is 0 Å². The predicted molar refractivity (Wildman–Crippen MR) is 119 cm³/mol. The van der Waals surface area contributed by atoms with E-state index < -0.39 is 0 Å². The Balaban J connectivity index is 1.60. The Morgan fingerprint density at radius 1 is 0.967 bits per heavy atom. The fourth-order valence-electron chi connectivity index (χ4n) is 4.05. The summed E-state index contributed by atoms with van der Waals surface area (Å²) in [7, 11) is 3.35. The molecule has 0 aromatic heterocycles. The Bertz CT molecular complexity index is 1130. The molecule has 30 heavy (non-hydrogen) atoms. The van der Waals surface area contributed by atoms with Crippen molar-refractivity contribution in [3.8, 4) is 17.2 Å². The largest absolute Gasteiger partial charge is 0.497 e. The molecular formula is C24H21BrN2O3. The lowest BCUT2D eigenvalue weighted by Gasteiger charge is -2.38. The van der Waals surface area contributed by atoms with E-state index in [9.17, 15) is 0 Å². The molecule has 3 aromatic rings. The van der Waals surface area contributed by atoms with Crippen molar-refractivity contribution >= 4 is 21.6 Å². The average molecular weight is 465 g/mol. The Morgan fingerprint density at radius 2 is 1.73 bits per heavy atom. The lowest BCUT2D eigenvalue weighted by molar-refractivity contribution is -0.0191. The Kier molecular flexibility index (Phi) is 4.87. The lowest BCUT2D eigenvalue weighted by atomic mass is 9.96. The zero-order valence-corrected chi connectivity index (χ0v) is 18.3. The van der Waals surface area contributed by atoms with Gasteiger partial charge in [0.2, 0.25) is 6.23 Å². The monoisotopic (exact) mass is 464 g/mol. The summed E-state index contributed by atoms with van der Waals surface area (Å²) in [5, 5.41) is 7.08. The third-order valence-electron chi connectivity index (χ3n) is 5.53. The van der Waals surface area contributed by atoms with E-state index in [0.29, 0.717) is 0 Å². The van der Waals surface area contributed by atoms with E-state index in [4.69, 9.17) is 19.3 Å². The highest BCUT2D eigenvalue weighted by atomic mass is 79.9. The molecule has 0 bridgehead atoms. The Hall–Kier alpha value is -2.99. The molecular weight excluding hydrogens is 444 g/mol. The van der Waals surface area contributed by atoms with Crippen molar-refractivity contribution in [2.24, 2.45) is 5.10 Å². The van der Waals surface area contributed by atoms with Crippen molar-refractivity contribution in [1.29, 1.82) is 0 Å². The standard InChI is InChI=1S/C24H21BrN2O3/c1-28-18-7-3-5-15(11-18)21-14-22-20-13-17(25)9-10-23(20)30-24(27(22)26-21)16-6-4-8-19(12-16)29-2/h3-13,22,24H,14H2,1-2H3/t22-,24-/m0/s1. The first-order valence-corrected chi connectivity index (χ1v) is 10.6. The van der Waals surface area contributed by atoms with Crippen LogP contribution in [-0.2, 0) is 0 Å². The van der Waals surface area contributed by atoms with Gasteiger partial charge in [-0.2, -0.15) is 5.10 Å². The molecule has 5 rings (SSSR count). The van der Waals surface area contributed by atoms with Gasteiger partial charge in [0, 0.05) is 27.6 Å². The molecule has 2 aliphatic heterocycles. The summed E-state index contributed by atoms with van der Waals surface area (Å²) in [6, 6.07) is 22.2. The van der Waals surface area contributed by atoms with Crippen LogP contribution >= 0.6 is 15.9 Å². The summed E-state index contributed by atoms with van der Waals surface area (Å²) >= 11 is 3.60. The molecule has 0 unspecified atom stereocenters. The van der Waals surface area contributed by atoms with Gasteiger partial charge in [0.15, 0.2) is 0 Å². The maximum atomic E-state index is 6.43. The molecule has 0 spiro atoms. The van der Waals surface area contributed by atoms with Crippen molar-refractivity contribution in [2.45, 2.75) is 18.7 Å². The number of rotatable bonds is 4. The zero-order valence-electron chi connectivity index (χ0n) is 16.7. The van der Waals surface area contributed by atoms with E-state index in [2.05, 4.69) is 33.1 Å². The molecule has 0 fully saturated rings. The highest BCUT2D eigenvalue weighted by Crippen LogP contribution is 2.48. The van der Waals surface area contributed by atoms with Crippen molar-refractivity contribution in [3.05, 3.63) is 87.9 Å². The number of methoxy groups -OCH3 is 2. The van der Waals surface area contributed by atoms with E-state index in [1.165, 1.54) is 0 Å². The van der Waals surface area contributed by atoms with Gasteiger partial charge in [-0.25, -0.2) is 5.01 Å². The van der Waals surface area contributed by atoms with Crippen LogP contribution in [0.15, 0.2) is 76.3 Å². The number of fused-ring (bicyclic) bond motifs is 3. The smallest absolute Gasteiger partial charge is 0.214 e. The van der Waals surface area contributed by atoms with Gasteiger partial charge in [-0.15, -0.1) is 0 Å². The van der Waals surface area contributed by atoms with Crippen LogP contribution in [0.3, 0.4) is 0 Å². The summed E-state index contributed by atoms with van der Waals surface area (Å²) in [5.41, 5.74) is 4.21. The quantitative estimate of drug-likeness (QED) is 0.495. The van der Waals surface area contributed by atoms with Crippen LogP contribution < -0.4 is 14.2 Å². The topological polar surface area (TPSA) is 43.3 Å². The second-order valence-corrected chi connectivity index (χ2v) is 8.22. The summed E-state index contributed by atoms with van der Waals surface area (Å²) < 4.78 is 18.3. The third-order valence-corrected chi connectivity index (χ3v) is 6.03. The van der Waals surface area contributed by atoms with Gasteiger partial charge in [0.1, 0.15) is 17.2 Å². The summed E-state index contributed by atoms with van der Waals surface area (Å²) in [6.45, 7) is 0. The summed E-state index contributed by atoms with van der Waals surface area (Å²) in [6.07, 6.45) is 0.461. The summed E-state index contributed by atoms with van der Waals surface area (Å²) in [4.78, 5) is 0. The maximum Gasteiger partial charge on any atom is 0.214 e. The first-order chi connectivity index (χ1) is 14.7. The van der Waals surface area contributed by atoms with Gasteiger partial charge in [0.05, 0.1) is 26.0 Å². The Morgan fingerprint density at radius 3 is 2.53 bits per heavy atom. The number of hydrogen-bond acceptors (Lipinski definition) is 5. The number of hydrogen-bond donors (Lipinski definition) is 0. The molecule has 2 heterocycles. The molecule has 0 saturated heterocycles. The van der Waals surface area contributed by atoms with Gasteiger partial charge in [0.25, 0.3) is 0 Å². The van der Waals surface area contributed by atoms with Crippen molar-refractivity contribution in [1.82, 2.24) is 5.01 Å². The minimum absolute atomic E-state index is 0.0867. The zero-order chi connectivity index (χ0) is 20.7. The molecule has 152 valence electrons. The van der Waals surface area contributed by atoms with E-state index >= 15 is 0 Å². The first-order valence-electron chi connectivity index (χ1n) is 9.76. The number of ether oxygens (including phenoxy) is 3. The number of benzene rings is 3. The van der Waals surface area contributed by atoms with E-state index in [0.717, 1.165) is 50.5 Å². The van der Waals surface area contributed by atoms with Crippen LogP contribution in [0.4, 0.5) is 0 Å². The predicted octanol–water partition coefficient (Wildman–Crippen LogP) is 5.71. The molecule has 0 N–H and O–H groups in total. The van der Waals surface area contributed by atoms with E-state index in [-0.39, 0.29) is 12.3 Å². The number of nitrogens with zero attached hydrogens (tertiary/aromatic N) is 2. The van der Waals surface area contributed by atoms with Crippen LogP contribution in [0.5, 0.6) is 17.2 Å². The van der Waals surface area contributed by atoms with E-state index in [1.807, 2.05) is 54.6 Å². The first kappa shape index (κ1) is 19.0. The molecule has 6 heteroatoms. The van der Waals surface area contributed by atoms with Gasteiger partial charge in [-0.3, -0.25) is 0 Å². The van der Waals surface area contributed by atoms with Crippen LogP contribution in [0, 0.1) is 0 Å². The second kappa shape index (κ2) is 7.69. The normalized spacial score (nSPS) is 19.4. The molecule has 3 aromatic carbocycles. The number of hydrazone groups is 1. The van der Waals surface area contributed by atoms with Crippen molar-refractivity contribution in [2.75, 3.05) is 14.2 Å². The molecule has 0 amide bonds. The van der Waals surface area contributed by atoms with E-state index in [1.54, 1.807) is 14.2 Å². The van der Waals surface area contributed by atoms with Gasteiger partial charge in [-0.05, 0) is 42.5 Å². The third kappa shape index (κ3) is 3.31. The summed E-state index contributed by atoms with van der Waals surface area (Å²) in [5.74, 6) is 2.50. The molecule has 2 aliphatic rings. The fraction of sp³-hybridized carbons (Fsp3) is 0.208. The van der Waals surface area contributed by atoms with Gasteiger partial charge >= 0.3 is 0 Å². The van der Waals surface area contributed by atoms with Crippen LogP contribution in [0.2, 0.25) is 0 Å². The minimum Gasteiger partial charge on any atom is -0.497 e. The fourth-order valence-corrected chi connectivity index (χ4v) is 4.43. The Labute approximate surface area is 184 Å². The lowest BCUT2D eigenvalue weighted by Crippen LogP contribution is -2.33. The second-order valence-electron chi connectivity index (χ2n) is 7.31. The maximum absolute atomic E-state index is 6.43. The molecule has 0 radical (unpaired) electrons.